The number of carbonyl (C=O) groups excluding carboxylic acids is 1. The van der Waals surface area contributed by atoms with Crippen molar-refractivity contribution in [2.24, 2.45) is 0 Å². The maximum absolute atomic E-state index is 14.4. The molecule has 1 aliphatic heterocycles. The topological polar surface area (TPSA) is 105 Å². The highest BCUT2D eigenvalue weighted by Gasteiger charge is 2.28. The molecule has 0 saturated heterocycles. The second-order valence-electron chi connectivity index (χ2n) is 11.8. The zero-order valence-corrected chi connectivity index (χ0v) is 27.2. The third kappa shape index (κ3) is 6.64. The van der Waals surface area contributed by atoms with Crippen LogP contribution in [0.4, 0.5) is 11.5 Å². The molecule has 1 aromatic heterocycles. The number of hydrogen-bond donors (Lipinski definition) is 2. The Balaban J connectivity index is 1.39. The van der Waals surface area contributed by atoms with E-state index >= 15 is 0 Å². The SMILES string of the molecule is CCC1=CNc2c(n(-c3ccc(Oc4ccccc4)cc3)c(=O)n2-c2ccc(OC)c(N(C)C(=O)/C=C/CN(C)C3CC3)c2)C(=N)C1. The summed E-state index contributed by atoms with van der Waals surface area (Å²) in [4.78, 5) is 31.4. The van der Waals surface area contributed by atoms with Crippen molar-refractivity contribution >= 4 is 23.1 Å². The Kier molecular flexibility index (Phi) is 9.12. The number of fused-ring (bicyclic) bond motifs is 1. The van der Waals surface area contributed by atoms with E-state index in [1.165, 1.54) is 17.7 Å². The van der Waals surface area contributed by atoms with E-state index < -0.39 is 0 Å². The van der Waals surface area contributed by atoms with Gasteiger partial charge >= 0.3 is 5.69 Å². The van der Waals surface area contributed by atoms with E-state index in [2.05, 4.69) is 17.3 Å². The van der Waals surface area contributed by atoms with Gasteiger partial charge < -0.3 is 25.1 Å². The summed E-state index contributed by atoms with van der Waals surface area (Å²) in [6.45, 7) is 2.74. The molecule has 242 valence electrons. The lowest BCUT2D eigenvalue weighted by Gasteiger charge is -2.20. The minimum atomic E-state index is -0.356. The fraction of sp³-hybridized carbons (Fsp3) is 0.270. The number of hydrogen-bond acceptors (Lipinski definition) is 7. The maximum Gasteiger partial charge on any atom is 0.339 e. The molecule has 0 unspecified atom stereocenters. The average Bonchev–Trinajstić information content (AvgIpc) is 3.92. The van der Waals surface area contributed by atoms with Gasteiger partial charge in [-0.05, 0) is 86.5 Å². The fourth-order valence-electron chi connectivity index (χ4n) is 5.73. The molecule has 2 heterocycles. The Morgan fingerprint density at radius 3 is 2.38 bits per heavy atom. The summed E-state index contributed by atoms with van der Waals surface area (Å²) in [5.41, 5.74) is 3.11. The summed E-state index contributed by atoms with van der Waals surface area (Å²) in [5.74, 6) is 2.10. The Hall–Kier alpha value is -5.35. The Morgan fingerprint density at radius 1 is 1.00 bits per heavy atom. The average molecular weight is 633 g/mol. The monoisotopic (exact) mass is 632 g/mol. The van der Waals surface area contributed by atoms with Crippen molar-refractivity contribution in [3.8, 4) is 28.6 Å². The van der Waals surface area contributed by atoms with E-state index in [1.54, 1.807) is 47.6 Å². The third-order valence-corrected chi connectivity index (χ3v) is 8.62. The number of amides is 1. The number of nitrogens with one attached hydrogen (secondary N) is 2. The molecule has 2 N–H and O–H groups in total. The first-order valence-corrected chi connectivity index (χ1v) is 15.8. The minimum absolute atomic E-state index is 0.207. The van der Waals surface area contributed by atoms with Crippen LogP contribution < -0.4 is 25.4 Å². The smallest absolute Gasteiger partial charge is 0.339 e. The molecule has 4 aromatic rings. The van der Waals surface area contributed by atoms with Crippen LogP contribution in [0.3, 0.4) is 0 Å². The predicted octanol–water partition coefficient (Wildman–Crippen LogP) is 6.52. The Bertz CT molecular complexity index is 1900. The molecule has 10 nitrogen and oxygen atoms in total. The van der Waals surface area contributed by atoms with E-state index in [0.29, 0.717) is 70.5 Å². The standard InChI is InChI=1S/C37H40N6O4/c1-5-25-22-31(38)35-36(39-24-25)43(37(45)42(35)27-15-18-30(19-16-27)47-29-10-7-6-8-11-29)28-17-20-33(46-4)32(23-28)41(3)34(44)12-9-21-40(2)26-13-14-26/h6-12,15-20,23-24,26,38-39H,5,13-14,21-22H2,1-4H3/b12-9+,38-31?. The molecule has 6 rings (SSSR count). The molecule has 1 amide bonds. The number of allylic oxidation sites excluding steroid dienone is 1. The van der Waals surface area contributed by atoms with Gasteiger partial charge in [0, 0.05) is 38.3 Å². The molecule has 2 aliphatic rings. The molecule has 1 saturated carbocycles. The van der Waals surface area contributed by atoms with E-state index in [-0.39, 0.29) is 11.6 Å². The number of para-hydroxylation sites is 1. The molecular weight excluding hydrogens is 592 g/mol. The Labute approximate surface area is 274 Å². The van der Waals surface area contributed by atoms with Gasteiger partial charge in [-0.15, -0.1) is 0 Å². The zero-order valence-electron chi connectivity index (χ0n) is 27.2. The van der Waals surface area contributed by atoms with Gasteiger partial charge in [0.1, 0.15) is 28.8 Å². The van der Waals surface area contributed by atoms with Crippen LogP contribution in [-0.2, 0) is 4.79 Å². The van der Waals surface area contributed by atoms with Crippen LogP contribution in [-0.4, -0.2) is 59.4 Å². The van der Waals surface area contributed by atoms with Gasteiger partial charge in [0.2, 0.25) is 0 Å². The summed E-state index contributed by atoms with van der Waals surface area (Å²) >= 11 is 0. The lowest BCUT2D eigenvalue weighted by atomic mass is 10.1. The van der Waals surface area contributed by atoms with Crippen LogP contribution in [0.15, 0.2) is 102 Å². The van der Waals surface area contributed by atoms with Crippen molar-refractivity contribution < 1.29 is 14.3 Å². The number of anilines is 2. The maximum atomic E-state index is 14.4. The fourth-order valence-corrected chi connectivity index (χ4v) is 5.73. The normalized spacial score (nSPS) is 14.4. The van der Waals surface area contributed by atoms with Crippen molar-refractivity contribution in [1.29, 1.82) is 5.41 Å². The number of aromatic nitrogens is 2. The van der Waals surface area contributed by atoms with Gasteiger partial charge in [-0.3, -0.25) is 14.3 Å². The second kappa shape index (κ2) is 13.6. The molecule has 3 aromatic carbocycles. The summed E-state index contributed by atoms with van der Waals surface area (Å²) in [6.07, 6.45) is 8.89. The number of imidazole rings is 1. The summed E-state index contributed by atoms with van der Waals surface area (Å²) < 4.78 is 14.7. The van der Waals surface area contributed by atoms with Gasteiger partial charge in [-0.25, -0.2) is 9.36 Å². The van der Waals surface area contributed by atoms with Crippen LogP contribution in [0, 0.1) is 5.41 Å². The summed E-state index contributed by atoms with van der Waals surface area (Å²) in [5, 5.41) is 12.4. The number of benzene rings is 3. The summed E-state index contributed by atoms with van der Waals surface area (Å²) in [7, 11) is 5.31. The van der Waals surface area contributed by atoms with Gasteiger partial charge in [0.05, 0.1) is 29.9 Å². The highest BCUT2D eigenvalue weighted by molar-refractivity contribution is 6.04. The first-order chi connectivity index (χ1) is 22.8. The predicted molar refractivity (Wildman–Crippen MR) is 186 cm³/mol. The molecule has 1 fully saturated rings. The highest BCUT2D eigenvalue weighted by atomic mass is 16.5. The molecular formula is C37H40N6O4. The van der Waals surface area contributed by atoms with Gasteiger partial charge in [-0.1, -0.05) is 31.2 Å². The highest BCUT2D eigenvalue weighted by Crippen LogP contribution is 2.34. The lowest BCUT2D eigenvalue weighted by Crippen LogP contribution is -2.27. The van der Waals surface area contributed by atoms with Crippen LogP contribution in [0.2, 0.25) is 0 Å². The second-order valence-corrected chi connectivity index (χ2v) is 11.8. The molecule has 0 spiro atoms. The molecule has 10 heteroatoms. The lowest BCUT2D eigenvalue weighted by molar-refractivity contribution is -0.113. The number of methoxy groups -OCH3 is 1. The number of ether oxygens (including phenoxy) is 2. The number of rotatable bonds is 11. The molecule has 0 bridgehead atoms. The quantitative estimate of drug-likeness (QED) is 0.183. The van der Waals surface area contributed by atoms with Crippen molar-refractivity contribution in [2.45, 2.75) is 38.6 Å². The third-order valence-electron chi connectivity index (χ3n) is 8.62. The van der Waals surface area contributed by atoms with Crippen LogP contribution in [0.5, 0.6) is 17.2 Å². The van der Waals surface area contributed by atoms with Crippen LogP contribution >= 0.6 is 0 Å². The van der Waals surface area contributed by atoms with E-state index in [4.69, 9.17) is 14.9 Å². The van der Waals surface area contributed by atoms with Crippen LogP contribution in [0.1, 0.15) is 38.3 Å². The van der Waals surface area contributed by atoms with Crippen molar-refractivity contribution in [3.05, 3.63) is 113 Å². The van der Waals surface area contributed by atoms with Crippen molar-refractivity contribution in [3.63, 3.8) is 0 Å². The molecule has 1 aliphatic carbocycles. The zero-order chi connectivity index (χ0) is 33.1. The molecule has 0 radical (unpaired) electrons. The molecule has 47 heavy (non-hydrogen) atoms. The van der Waals surface area contributed by atoms with E-state index in [1.807, 2.05) is 73.8 Å². The van der Waals surface area contributed by atoms with Gasteiger partial charge in [-0.2, -0.15) is 0 Å². The molecule has 0 atom stereocenters. The van der Waals surface area contributed by atoms with E-state index in [0.717, 1.165) is 12.0 Å². The minimum Gasteiger partial charge on any atom is -0.495 e. The van der Waals surface area contributed by atoms with Gasteiger partial charge in [0.25, 0.3) is 5.91 Å². The Morgan fingerprint density at radius 2 is 1.70 bits per heavy atom. The van der Waals surface area contributed by atoms with Crippen molar-refractivity contribution in [1.82, 2.24) is 14.0 Å². The largest absolute Gasteiger partial charge is 0.495 e. The first kappa shape index (κ1) is 31.6. The first-order valence-electron chi connectivity index (χ1n) is 15.8. The number of carbonyl (C=O) groups is 1. The summed E-state index contributed by atoms with van der Waals surface area (Å²) in [6, 6.07) is 22.6. The van der Waals surface area contributed by atoms with E-state index in [9.17, 15) is 9.59 Å². The number of nitrogens with zero attached hydrogens (tertiary/aromatic N) is 4. The van der Waals surface area contributed by atoms with Crippen molar-refractivity contribution in [2.75, 3.05) is 38.0 Å². The van der Waals surface area contributed by atoms with Crippen LogP contribution in [0.25, 0.3) is 11.4 Å². The number of likely N-dealkylation sites (N-methyl/N-ethyl adjacent to an activating group) is 2. The van der Waals surface area contributed by atoms with Gasteiger partial charge in [0.15, 0.2) is 0 Å².